The van der Waals surface area contributed by atoms with E-state index in [1.165, 1.54) is 5.56 Å². The van der Waals surface area contributed by atoms with E-state index in [-0.39, 0.29) is 10.8 Å². The van der Waals surface area contributed by atoms with Gasteiger partial charge in [0.05, 0.1) is 30.8 Å². The van der Waals surface area contributed by atoms with Gasteiger partial charge >= 0.3 is 0 Å². The zero-order valence-electron chi connectivity index (χ0n) is 17.0. The number of para-hydroxylation sites is 1. The fraction of sp³-hybridized carbons (Fsp3) is 0.167. The van der Waals surface area contributed by atoms with E-state index in [9.17, 15) is 4.79 Å². The standard InChI is InChI=1S/C24H22N2O3S/c1-16(17-9-5-4-6-10-17)30-24-25-20-12-8-7-11-19(20)23(27)26(24)18-13-14-21(28-2)22(15-18)29-3/h4-16H,1-3H3/t16-/m0/s1. The number of methoxy groups -OCH3 is 2. The van der Waals surface area contributed by atoms with E-state index in [1.807, 2.05) is 42.5 Å². The first kappa shape index (κ1) is 20.0. The van der Waals surface area contributed by atoms with E-state index in [0.29, 0.717) is 33.2 Å². The molecule has 6 heteroatoms. The van der Waals surface area contributed by atoms with E-state index < -0.39 is 0 Å². The summed E-state index contributed by atoms with van der Waals surface area (Å²) >= 11 is 1.55. The lowest BCUT2D eigenvalue weighted by Gasteiger charge is -2.18. The van der Waals surface area contributed by atoms with Crippen LogP contribution < -0.4 is 15.0 Å². The molecule has 4 aromatic rings. The van der Waals surface area contributed by atoms with Crippen LogP contribution in [0.15, 0.2) is 82.7 Å². The quantitative estimate of drug-likeness (QED) is 0.316. The lowest BCUT2D eigenvalue weighted by atomic mass is 10.2. The van der Waals surface area contributed by atoms with Crippen molar-refractivity contribution in [2.24, 2.45) is 0 Å². The van der Waals surface area contributed by atoms with E-state index in [2.05, 4.69) is 19.1 Å². The highest BCUT2D eigenvalue weighted by molar-refractivity contribution is 7.99. The number of ether oxygens (including phenoxy) is 2. The van der Waals surface area contributed by atoms with Crippen LogP contribution in [-0.2, 0) is 0 Å². The number of nitrogens with zero attached hydrogens (tertiary/aromatic N) is 2. The summed E-state index contributed by atoms with van der Waals surface area (Å²) in [5.41, 5.74) is 2.42. The van der Waals surface area contributed by atoms with Gasteiger partial charge in [-0.25, -0.2) is 4.98 Å². The van der Waals surface area contributed by atoms with Crippen molar-refractivity contribution >= 4 is 22.7 Å². The minimum absolute atomic E-state index is 0.115. The van der Waals surface area contributed by atoms with Crippen LogP contribution >= 0.6 is 11.8 Å². The van der Waals surface area contributed by atoms with E-state index in [4.69, 9.17) is 14.5 Å². The number of rotatable bonds is 6. The van der Waals surface area contributed by atoms with Crippen molar-refractivity contribution in [2.75, 3.05) is 14.2 Å². The van der Waals surface area contributed by atoms with Gasteiger partial charge in [-0.05, 0) is 36.8 Å². The first-order chi connectivity index (χ1) is 14.6. The molecule has 0 aliphatic heterocycles. The van der Waals surface area contributed by atoms with Gasteiger partial charge in [0.1, 0.15) is 0 Å². The summed E-state index contributed by atoms with van der Waals surface area (Å²) in [5.74, 6) is 1.16. The Morgan fingerprint density at radius 1 is 0.900 bits per heavy atom. The zero-order chi connectivity index (χ0) is 21.1. The Kier molecular flexibility index (Phi) is 5.77. The van der Waals surface area contributed by atoms with Crippen LogP contribution in [-0.4, -0.2) is 23.8 Å². The third-order valence-corrected chi connectivity index (χ3v) is 6.03. The fourth-order valence-corrected chi connectivity index (χ4v) is 4.39. The SMILES string of the molecule is COc1ccc(-n2c(S[C@@H](C)c3ccccc3)nc3ccccc3c2=O)cc1OC. The number of benzene rings is 3. The number of hydrogen-bond acceptors (Lipinski definition) is 5. The van der Waals surface area contributed by atoms with Crippen LogP contribution in [0.1, 0.15) is 17.7 Å². The molecule has 0 amide bonds. The fourth-order valence-electron chi connectivity index (χ4n) is 3.33. The monoisotopic (exact) mass is 418 g/mol. The Bertz CT molecular complexity index is 1240. The van der Waals surface area contributed by atoms with Crippen molar-refractivity contribution in [1.82, 2.24) is 9.55 Å². The normalized spacial score (nSPS) is 12.0. The molecule has 4 rings (SSSR count). The average molecular weight is 419 g/mol. The first-order valence-corrected chi connectivity index (χ1v) is 10.5. The molecule has 0 unspecified atom stereocenters. The highest BCUT2D eigenvalue weighted by Crippen LogP contribution is 2.36. The Hall–Kier alpha value is -3.25. The van der Waals surface area contributed by atoms with E-state index >= 15 is 0 Å². The van der Waals surface area contributed by atoms with Crippen molar-refractivity contribution in [1.29, 1.82) is 0 Å². The summed E-state index contributed by atoms with van der Waals surface area (Å²) in [4.78, 5) is 18.3. The zero-order valence-corrected chi connectivity index (χ0v) is 17.8. The van der Waals surface area contributed by atoms with Gasteiger partial charge in [0.15, 0.2) is 16.7 Å². The molecule has 0 radical (unpaired) electrons. The summed E-state index contributed by atoms with van der Waals surface area (Å²) in [6.45, 7) is 2.11. The van der Waals surface area contributed by atoms with Crippen molar-refractivity contribution in [3.63, 3.8) is 0 Å². The predicted octanol–water partition coefficient (Wildman–Crippen LogP) is 5.26. The first-order valence-electron chi connectivity index (χ1n) is 9.58. The largest absolute Gasteiger partial charge is 0.493 e. The summed E-state index contributed by atoms with van der Waals surface area (Å²) in [6.07, 6.45) is 0. The molecule has 0 aliphatic carbocycles. The van der Waals surface area contributed by atoms with Crippen LogP contribution in [0.5, 0.6) is 11.5 Å². The Labute approximate surface area is 179 Å². The Morgan fingerprint density at radius 2 is 1.60 bits per heavy atom. The van der Waals surface area contributed by atoms with Crippen molar-refractivity contribution in [3.8, 4) is 17.2 Å². The van der Waals surface area contributed by atoms with Crippen LogP contribution in [0.2, 0.25) is 0 Å². The second-order valence-electron chi connectivity index (χ2n) is 6.76. The number of fused-ring (bicyclic) bond motifs is 1. The van der Waals surface area contributed by atoms with Crippen LogP contribution in [0.25, 0.3) is 16.6 Å². The molecule has 1 heterocycles. The average Bonchev–Trinajstić information content (AvgIpc) is 2.79. The third-order valence-electron chi connectivity index (χ3n) is 4.92. The lowest BCUT2D eigenvalue weighted by molar-refractivity contribution is 0.354. The van der Waals surface area contributed by atoms with Gasteiger partial charge in [-0.2, -0.15) is 0 Å². The van der Waals surface area contributed by atoms with Gasteiger partial charge in [0.25, 0.3) is 5.56 Å². The maximum atomic E-state index is 13.5. The molecule has 1 atom stereocenters. The molecule has 0 N–H and O–H groups in total. The molecule has 152 valence electrons. The van der Waals surface area contributed by atoms with Crippen LogP contribution in [0.3, 0.4) is 0 Å². The van der Waals surface area contributed by atoms with Gasteiger partial charge in [-0.15, -0.1) is 0 Å². The molecule has 0 aliphatic rings. The van der Waals surface area contributed by atoms with Gasteiger partial charge in [-0.1, -0.05) is 54.2 Å². The molecule has 0 spiro atoms. The Balaban J connectivity index is 1.90. The maximum Gasteiger partial charge on any atom is 0.266 e. The minimum atomic E-state index is -0.115. The van der Waals surface area contributed by atoms with Crippen LogP contribution in [0.4, 0.5) is 0 Å². The second-order valence-corrected chi connectivity index (χ2v) is 8.07. The second kappa shape index (κ2) is 8.63. The van der Waals surface area contributed by atoms with Gasteiger partial charge in [-0.3, -0.25) is 9.36 Å². The van der Waals surface area contributed by atoms with Crippen molar-refractivity contribution < 1.29 is 9.47 Å². The molecule has 30 heavy (non-hydrogen) atoms. The number of aromatic nitrogens is 2. The van der Waals surface area contributed by atoms with E-state index in [0.717, 1.165) is 0 Å². The molecule has 0 fully saturated rings. The summed E-state index contributed by atoms with van der Waals surface area (Å²) in [6, 6.07) is 23.0. The molecule has 3 aromatic carbocycles. The summed E-state index contributed by atoms with van der Waals surface area (Å²) < 4.78 is 12.4. The van der Waals surface area contributed by atoms with Crippen molar-refractivity contribution in [3.05, 3.63) is 88.7 Å². The predicted molar refractivity (Wildman–Crippen MR) is 121 cm³/mol. The third kappa shape index (κ3) is 3.78. The molecule has 5 nitrogen and oxygen atoms in total. The lowest BCUT2D eigenvalue weighted by Crippen LogP contribution is -2.22. The van der Waals surface area contributed by atoms with Gasteiger partial charge < -0.3 is 9.47 Å². The highest BCUT2D eigenvalue weighted by atomic mass is 32.2. The molecular formula is C24H22N2O3S. The number of hydrogen-bond donors (Lipinski definition) is 0. The van der Waals surface area contributed by atoms with Crippen molar-refractivity contribution in [2.45, 2.75) is 17.3 Å². The van der Waals surface area contributed by atoms with Crippen LogP contribution in [0, 0.1) is 0 Å². The smallest absolute Gasteiger partial charge is 0.266 e. The van der Waals surface area contributed by atoms with Gasteiger partial charge in [0, 0.05) is 11.3 Å². The molecule has 0 bridgehead atoms. The number of thioether (sulfide) groups is 1. The molecule has 1 aromatic heterocycles. The van der Waals surface area contributed by atoms with E-state index in [1.54, 1.807) is 48.7 Å². The molecule has 0 saturated heterocycles. The molecular weight excluding hydrogens is 396 g/mol. The highest BCUT2D eigenvalue weighted by Gasteiger charge is 2.18. The Morgan fingerprint density at radius 3 is 2.33 bits per heavy atom. The molecule has 0 saturated carbocycles. The summed E-state index contributed by atoms with van der Waals surface area (Å²) in [5, 5.41) is 1.32. The minimum Gasteiger partial charge on any atom is -0.493 e. The maximum absolute atomic E-state index is 13.5. The van der Waals surface area contributed by atoms with Gasteiger partial charge in [0.2, 0.25) is 0 Å². The summed E-state index contributed by atoms with van der Waals surface area (Å²) in [7, 11) is 3.17. The topological polar surface area (TPSA) is 53.4 Å².